The van der Waals surface area contributed by atoms with Crippen LogP contribution in [0.3, 0.4) is 0 Å². The van der Waals surface area contributed by atoms with Crippen molar-refractivity contribution in [3.8, 4) is 5.75 Å². The number of ether oxygens (including phenoxy) is 1. The highest BCUT2D eigenvalue weighted by atomic mass is 79.9. The Labute approximate surface area is 157 Å². The first kappa shape index (κ1) is 17.5. The van der Waals surface area contributed by atoms with Crippen LogP contribution in [0.4, 0.5) is 5.69 Å². The molecular formula is C19H13BrClNO3. The van der Waals surface area contributed by atoms with Gasteiger partial charge in [0, 0.05) is 4.47 Å². The van der Waals surface area contributed by atoms with Crippen LogP contribution >= 0.6 is 27.5 Å². The zero-order chi connectivity index (χ0) is 17.8. The summed E-state index contributed by atoms with van der Waals surface area (Å²) < 4.78 is 6.36. The molecule has 0 unspecified atom stereocenters. The quantitative estimate of drug-likeness (QED) is 0.588. The molecule has 1 amide bonds. The van der Waals surface area contributed by atoms with E-state index in [4.69, 9.17) is 16.3 Å². The Bertz CT molecular complexity index is 959. The number of carbonyl (C=O) groups excluding carboxylic acids is 2. The molecule has 1 N–H and O–H groups in total. The first-order chi connectivity index (χ1) is 12.1. The highest BCUT2D eigenvalue weighted by Gasteiger charge is 2.11. The molecule has 3 aromatic carbocycles. The molecule has 0 bridgehead atoms. The van der Waals surface area contributed by atoms with Gasteiger partial charge in [-0.05, 0) is 35.0 Å². The molecule has 126 valence electrons. The van der Waals surface area contributed by atoms with Crippen molar-refractivity contribution in [2.75, 3.05) is 11.9 Å². The molecule has 0 aliphatic carbocycles. The van der Waals surface area contributed by atoms with Crippen molar-refractivity contribution in [1.29, 1.82) is 0 Å². The van der Waals surface area contributed by atoms with E-state index in [1.165, 1.54) is 0 Å². The number of fused-ring (bicyclic) bond motifs is 1. The first-order valence-electron chi connectivity index (χ1n) is 7.43. The zero-order valence-corrected chi connectivity index (χ0v) is 15.3. The average molecular weight is 419 g/mol. The van der Waals surface area contributed by atoms with E-state index in [1.54, 1.807) is 24.3 Å². The van der Waals surface area contributed by atoms with Crippen LogP contribution in [0, 0.1) is 0 Å². The van der Waals surface area contributed by atoms with Crippen LogP contribution in [-0.2, 0) is 4.79 Å². The predicted molar refractivity (Wildman–Crippen MR) is 103 cm³/mol. The molecule has 0 fully saturated rings. The number of hydrogen-bond acceptors (Lipinski definition) is 3. The Morgan fingerprint density at radius 3 is 2.72 bits per heavy atom. The third-order valence-corrected chi connectivity index (χ3v) is 4.42. The molecule has 0 spiro atoms. The van der Waals surface area contributed by atoms with E-state index < -0.39 is 0 Å². The van der Waals surface area contributed by atoms with Crippen LogP contribution in [-0.4, -0.2) is 18.8 Å². The van der Waals surface area contributed by atoms with E-state index in [0.717, 1.165) is 21.5 Å². The molecule has 0 saturated carbocycles. The van der Waals surface area contributed by atoms with Crippen molar-refractivity contribution in [1.82, 2.24) is 0 Å². The summed E-state index contributed by atoms with van der Waals surface area (Å²) in [6.07, 6.45) is 0.737. The Kier molecular flexibility index (Phi) is 5.36. The van der Waals surface area contributed by atoms with E-state index in [9.17, 15) is 9.59 Å². The van der Waals surface area contributed by atoms with Crippen LogP contribution in [0.2, 0.25) is 5.02 Å². The number of rotatable bonds is 5. The normalized spacial score (nSPS) is 10.5. The lowest BCUT2D eigenvalue weighted by Crippen LogP contribution is -2.20. The van der Waals surface area contributed by atoms with Gasteiger partial charge in [0.15, 0.2) is 12.9 Å². The first-order valence-corrected chi connectivity index (χ1v) is 8.60. The lowest BCUT2D eigenvalue weighted by atomic mass is 10.0. The monoisotopic (exact) mass is 417 g/mol. The van der Waals surface area contributed by atoms with E-state index >= 15 is 0 Å². The van der Waals surface area contributed by atoms with Crippen LogP contribution < -0.4 is 10.1 Å². The fourth-order valence-corrected chi connectivity index (χ4v) is 3.16. The standard InChI is InChI=1S/C19H13BrClNO3/c20-13-6-7-17(16(21)9-13)22-19(24)11-25-18-8-5-12-3-1-2-4-14(12)15(18)10-23/h1-10H,11H2,(H,22,24). The molecule has 6 heteroatoms. The second-order valence-electron chi connectivity index (χ2n) is 5.28. The lowest BCUT2D eigenvalue weighted by molar-refractivity contribution is -0.118. The van der Waals surface area contributed by atoms with Crippen molar-refractivity contribution < 1.29 is 14.3 Å². The van der Waals surface area contributed by atoms with Gasteiger partial charge in [0.1, 0.15) is 5.75 Å². The molecule has 25 heavy (non-hydrogen) atoms. The summed E-state index contributed by atoms with van der Waals surface area (Å²) in [5.74, 6) is -0.0000156. The number of halogens is 2. The molecule has 0 aliphatic heterocycles. The Balaban J connectivity index is 1.74. The van der Waals surface area contributed by atoms with Gasteiger partial charge in [-0.2, -0.15) is 0 Å². The summed E-state index contributed by atoms with van der Waals surface area (Å²) in [6, 6.07) is 16.2. The highest BCUT2D eigenvalue weighted by Crippen LogP contribution is 2.27. The lowest BCUT2D eigenvalue weighted by Gasteiger charge is -2.11. The summed E-state index contributed by atoms with van der Waals surface area (Å²) in [4.78, 5) is 23.5. The van der Waals surface area contributed by atoms with Crippen molar-refractivity contribution in [2.45, 2.75) is 0 Å². The Hall–Kier alpha value is -2.37. The molecule has 0 aliphatic rings. The molecule has 0 saturated heterocycles. The number of benzene rings is 3. The number of nitrogens with one attached hydrogen (secondary N) is 1. The summed E-state index contributed by atoms with van der Waals surface area (Å²) in [7, 11) is 0. The van der Waals surface area contributed by atoms with Gasteiger partial charge in [-0.15, -0.1) is 0 Å². The van der Waals surface area contributed by atoms with Gasteiger partial charge in [0.2, 0.25) is 0 Å². The second-order valence-corrected chi connectivity index (χ2v) is 6.60. The van der Waals surface area contributed by atoms with Gasteiger partial charge in [-0.25, -0.2) is 0 Å². The fourth-order valence-electron chi connectivity index (χ4n) is 2.44. The van der Waals surface area contributed by atoms with Gasteiger partial charge < -0.3 is 10.1 Å². The minimum absolute atomic E-state index is 0.231. The predicted octanol–water partition coefficient (Wildman–Crippen LogP) is 5.09. The number of hydrogen-bond donors (Lipinski definition) is 1. The summed E-state index contributed by atoms with van der Waals surface area (Å²) in [5.41, 5.74) is 0.917. The summed E-state index contributed by atoms with van der Waals surface area (Å²) in [5, 5.41) is 4.81. The number of amides is 1. The van der Waals surface area contributed by atoms with Crippen molar-refractivity contribution in [3.05, 3.63) is 69.7 Å². The maximum atomic E-state index is 12.1. The molecule has 4 nitrogen and oxygen atoms in total. The van der Waals surface area contributed by atoms with Crippen molar-refractivity contribution in [3.63, 3.8) is 0 Å². The van der Waals surface area contributed by atoms with Gasteiger partial charge >= 0.3 is 0 Å². The number of carbonyl (C=O) groups is 2. The van der Waals surface area contributed by atoms with Crippen molar-refractivity contribution in [2.24, 2.45) is 0 Å². The number of anilines is 1. The van der Waals surface area contributed by atoms with Gasteiger partial charge in [-0.3, -0.25) is 9.59 Å². The Morgan fingerprint density at radius 2 is 1.96 bits per heavy atom. The highest BCUT2D eigenvalue weighted by molar-refractivity contribution is 9.10. The van der Waals surface area contributed by atoms with Crippen LogP contribution in [0.25, 0.3) is 10.8 Å². The summed E-state index contributed by atoms with van der Waals surface area (Å²) >= 11 is 9.38. The van der Waals surface area contributed by atoms with E-state index in [1.807, 2.05) is 30.3 Å². The van der Waals surface area contributed by atoms with Crippen LogP contribution in [0.5, 0.6) is 5.75 Å². The van der Waals surface area contributed by atoms with Gasteiger partial charge in [0.05, 0.1) is 16.3 Å². The molecule has 0 heterocycles. The van der Waals surface area contributed by atoms with Gasteiger partial charge in [-0.1, -0.05) is 57.9 Å². The molecule has 0 radical (unpaired) electrons. The summed E-state index contributed by atoms with van der Waals surface area (Å²) in [6.45, 7) is -0.231. The SMILES string of the molecule is O=Cc1c(OCC(=O)Nc2ccc(Br)cc2Cl)ccc2ccccc12. The third-order valence-electron chi connectivity index (χ3n) is 3.61. The molecule has 3 rings (SSSR count). The largest absolute Gasteiger partial charge is 0.483 e. The van der Waals surface area contributed by atoms with Crippen LogP contribution in [0.15, 0.2) is 59.1 Å². The van der Waals surface area contributed by atoms with Crippen molar-refractivity contribution >= 4 is 56.2 Å². The minimum Gasteiger partial charge on any atom is -0.483 e. The number of aldehydes is 1. The minimum atomic E-state index is -0.366. The van der Waals surface area contributed by atoms with Crippen LogP contribution in [0.1, 0.15) is 10.4 Å². The topological polar surface area (TPSA) is 55.4 Å². The van der Waals surface area contributed by atoms with E-state index in [0.29, 0.717) is 22.0 Å². The Morgan fingerprint density at radius 1 is 1.16 bits per heavy atom. The molecule has 3 aromatic rings. The third kappa shape index (κ3) is 4.00. The fraction of sp³-hybridized carbons (Fsp3) is 0.0526. The maximum Gasteiger partial charge on any atom is 0.262 e. The molecule has 0 aromatic heterocycles. The molecular weight excluding hydrogens is 406 g/mol. The van der Waals surface area contributed by atoms with E-state index in [2.05, 4.69) is 21.2 Å². The zero-order valence-electron chi connectivity index (χ0n) is 13.0. The maximum absolute atomic E-state index is 12.1. The molecule has 0 atom stereocenters. The van der Waals surface area contributed by atoms with E-state index in [-0.39, 0.29) is 12.5 Å². The average Bonchev–Trinajstić information content (AvgIpc) is 2.61. The smallest absolute Gasteiger partial charge is 0.262 e. The van der Waals surface area contributed by atoms with Gasteiger partial charge in [0.25, 0.3) is 5.91 Å². The second kappa shape index (κ2) is 7.68.